The molecule has 8 N–H and O–H groups in total. The van der Waals surface area contributed by atoms with Crippen LogP contribution in [0.25, 0.3) is 0 Å². The quantitative estimate of drug-likeness (QED) is 0.0335. The predicted octanol–water partition coefficient (Wildman–Crippen LogP) is 5.38. The Labute approximate surface area is 434 Å². The molecule has 0 saturated carbocycles. The third-order valence-electron chi connectivity index (χ3n) is 10.2. The molecule has 4 amide bonds. The molecule has 3 aromatic rings. The lowest BCUT2D eigenvalue weighted by molar-refractivity contribution is -0.117. The lowest BCUT2D eigenvalue weighted by atomic mass is 9.86. The number of carbonyl (C=O) groups excluding carboxylic acids is 4. The molecule has 3 rings (SSSR count). The molecule has 0 unspecified atom stereocenters. The van der Waals surface area contributed by atoms with E-state index in [1.165, 1.54) is 47.8 Å². The van der Waals surface area contributed by atoms with Gasteiger partial charge in [0, 0.05) is 61.7 Å². The fourth-order valence-corrected chi connectivity index (χ4v) is 10.6. The highest BCUT2D eigenvalue weighted by Crippen LogP contribution is 2.41. The number of rotatable bonds is 28. The second kappa shape index (κ2) is 26.9. The first-order chi connectivity index (χ1) is 33.1. The van der Waals surface area contributed by atoms with Crippen LogP contribution in [-0.2, 0) is 60.5 Å². The van der Waals surface area contributed by atoms with Gasteiger partial charge in [-0.3, -0.25) is 19.2 Å². The zero-order chi connectivity index (χ0) is 54.3. The molecule has 3 aromatic carbocycles. The fourth-order valence-electron chi connectivity index (χ4n) is 6.52. The van der Waals surface area contributed by atoms with Crippen molar-refractivity contribution in [2.45, 2.75) is 101 Å². The highest BCUT2D eigenvalue weighted by Gasteiger charge is 2.25. The van der Waals surface area contributed by atoms with Crippen molar-refractivity contribution in [2.75, 3.05) is 84.0 Å². The van der Waals surface area contributed by atoms with E-state index in [4.69, 9.17) is 0 Å². The number of unbranched alkanes of at least 4 members (excludes halogenated alkanes) is 2. The molecule has 0 aliphatic heterocycles. The lowest BCUT2D eigenvalue weighted by Gasteiger charge is -2.25. The first-order valence-electron chi connectivity index (χ1n) is 22.8. The summed E-state index contributed by atoms with van der Waals surface area (Å²) >= 11 is 2.40. The predicted molar refractivity (Wildman–Crippen MR) is 290 cm³/mol. The molecule has 0 aliphatic rings. The van der Waals surface area contributed by atoms with Crippen molar-refractivity contribution in [3.63, 3.8) is 0 Å². The molecule has 0 aliphatic carbocycles. The van der Waals surface area contributed by atoms with Crippen molar-refractivity contribution in [2.24, 2.45) is 0 Å². The Morgan fingerprint density at radius 2 is 0.750 bits per heavy atom. The van der Waals surface area contributed by atoms with Gasteiger partial charge in [-0.1, -0.05) is 47.6 Å². The number of thioether (sulfide) groups is 2. The molecule has 0 atom stereocenters. The van der Waals surface area contributed by atoms with Crippen LogP contribution >= 0.6 is 23.5 Å². The Hall–Kier alpha value is -4.12. The fraction of sp³-hybridized carbons (Fsp3) is 0.522. The molecule has 72 heavy (non-hydrogen) atoms. The maximum absolute atomic E-state index is 14.3. The summed E-state index contributed by atoms with van der Waals surface area (Å²) in [7, 11) is -13.8. The molecular formula is C46H70N8O12S6. The maximum Gasteiger partial charge on any atom is 0.255 e. The van der Waals surface area contributed by atoms with Gasteiger partial charge in [-0.05, 0) is 90.1 Å². The molecule has 0 spiro atoms. The summed E-state index contributed by atoms with van der Waals surface area (Å²) in [5.41, 5.74) is 2.06. The van der Waals surface area contributed by atoms with Crippen molar-refractivity contribution in [1.29, 1.82) is 0 Å². The number of carbonyl (C=O) groups is 4. The number of hydrogen-bond acceptors (Lipinski definition) is 14. The maximum atomic E-state index is 14.3. The zero-order valence-electron chi connectivity index (χ0n) is 42.5. The minimum absolute atomic E-state index is 0.0347. The number of anilines is 4. The summed E-state index contributed by atoms with van der Waals surface area (Å²) in [6.45, 7) is 12.1. The minimum atomic E-state index is -3.53. The van der Waals surface area contributed by atoms with Gasteiger partial charge in [-0.15, -0.1) is 23.5 Å². The van der Waals surface area contributed by atoms with Gasteiger partial charge in [-0.25, -0.2) is 52.6 Å². The first kappa shape index (κ1) is 62.2. The average molecular weight is 1120 g/mol. The van der Waals surface area contributed by atoms with Gasteiger partial charge in [0.2, 0.25) is 51.9 Å². The molecular weight excluding hydrogens is 1050 g/mol. The van der Waals surface area contributed by atoms with E-state index in [0.29, 0.717) is 58.2 Å². The summed E-state index contributed by atoms with van der Waals surface area (Å²) in [5.74, 6) is -1.52. The van der Waals surface area contributed by atoms with Gasteiger partial charge in [-0.2, -0.15) is 0 Å². The van der Waals surface area contributed by atoms with Crippen molar-refractivity contribution in [3.8, 4) is 0 Å². The van der Waals surface area contributed by atoms with E-state index in [0.717, 1.165) is 36.1 Å². The third-order valence-corrected chi connectivity index (χ3v) is 15.3. The number of hydrogen-bond donors (Lipinski definition) is 8. The molecule has 0 saturated heterocycles. The van der Waals surface area contributed by atoms with Crippen LogP contribution in [0.15, 0.2) is 58.3 Å². The van der Waals surface area contributed by atoms with Crippen molar-refractivity contribution >= 4 is 110 Å². The topological polar surface area (TPSA) is 301 Å². The van der Waals surface area contributed by atoms with Crippen LogP contribution in [0.4, 0.5) is 22.7 Å². The molecule has 26 heteroatoms. The highest BCUT2D eigenvalue weighted by molar-refractivity contribution is 8.00. The summed E-state index contributed by atoms with van der Waals surface area (Å²) in [6.07, 6.45) is 5.85. The number of benzene rings is 3. The Balaban J connectivity index is 2.03. The monoisotopic (exact) mass is 1120 g/mol. The van der Waals surface area contributed by atoms with Crippen LogP contribution in [0.1, 0.15) is 112 Å². The van der Waals surface area contributed by atoms with Gasteiger partial charge in [0.1, 0.15) is 0 Å². The molecule has 402 valence electrons. The van der Waals surface area contributed by atoms with Gasteiger partial charge in [0.25, 0.3) is 11.8 Å². The Morgan fingerprint density at radius 1 is 0.444 bits per heavy atom. The lowest BCUT2D eigenvalue weighted by Crippen LogP contribution is -2.24. The van der Waals surface area contributed by atoms with Crippen LogP contribution in [0.3, 0.4) is 0 Å². The average Bonchev–Trinajstić information content (AvgIpc) is 3.22. The SMILES string of the molecule is CC(C)(C)c1cc(NC(=O)CCCCNS(C)(=O)=O)c(SCCNS(C)(=O)=O)c(NC(=O)c2cccc(C(=O)Nc3cc(C(C)(C)C)cc(NC(=O)CCCCNS(C)(=O)=O)c3SCCNS(C)(=O)=O)c2)c1. The molecule has 0 radical (unpaired) electrons. The Morgan fingerprint density at radius 3 is 1.06 bits per heavy atom. The number of sulfonamides is 4. The molecule has 0 heterocycles. The van der Waals surface area contributed by atoms with E-state index in [-0.39, 0.29) is 73.5 Å². The molecule has 0 fully saturated rings. The van der Waals surface area contributed by atoms with Gasteiger partial charge < -0.3 is 21.3 Å². The van der Waals surface area contributed by atoms with Crippen LogP contribution < -0.4 is 40.2 Å². The molecule has 0 bridgehead atoms. The zero-order valence-corrected chi connectivity index (χ0v) is 47.4. The van der Waals surface area contributed by atoms with Gasteiger partial charge >= 0.3 is 0 Å². The van der Waals surface area contributed by atoms with E-state index < -0.39 is 62.7 Å². The van der Waals surface area contributed by atoms with Gasteiger partial charge in [0.05, 0.1) is 57.6 Å². The van der Waals surface area contributed by atoms with Crippen molar-refractivity contribution in [1.82, 2.24) is 18.9 Å². The van der Waals surface area contributed by atoms with Crippen LogP contribution in [0.2, 0.25) is 0 Å². The molecule has 0 aromatic heterocycles. The molecule has 20 nitrogen and oxygen atoms in total. The first-order valence-corrected chi connectivity index (χ1v) is 32.4. The number of amides is 4. The van der Waals surface area contributed by atoms with Crippen molar-refractivity contribution in [3.05, 3.63) is 70.8 Å². The summed E-state index contributed by atoms with van der Waals surface area (Å²) in [6, 6.07) is 13.1. The van der Waals surface area contributed by atoms with E-state index >= 15 is 0 Å². The van der Waals surface area contributed by atoms with Crippen molar-refractivity contribution < 1.29 is 52.8 Å². The van der Waals surface area contributed by atoms with E-state index in [1.54, 1.807) is 24.3 Å². The standard InChI is InChI=1S/C46H70N8O12S6/c1-45(2,3)33-27-35(51-39(55)18-11-13-20-47-69(7,59)60)41(67-24-22-49-71(9,63)64)37(29-33)53-43(57)31-16-15-17-32(26-31)44(58)54-38-30-34(46(4,5)6)28-36(42(38)68-25-23-50-72(10,65)66)52-40(56)19-12-14-21-48-70(8,61)62/h15-17,26-30,47-50H,11-14,18-25H2,1-10H3,(H,51,55)(H,52,56)(H,53,57)(H,54,58). The van der Waals surface area contributed by atoms with E-state index in [2.05, 4.69) is 40.2 Å². The highest BCUT2D eigenvalue weighted by atomic mass is 32.2. The summed E-state index contributed by atoms with van der Waals surface area (Å²) in [4.78, 5) is 56.1. The Bertz CT molecular complexity index is 2690. The van der Waals surface area contributed by atoms with E-state index in [9.17, 15) is 52.8 Å². The van der Waals surface area contributed by atoms with Crippen LogP contribution in [0, 0.1) is 0 Å². The van der Waals surface area contributed by atoms with Crippen LogP contribution in [-0.4, -0.2) is 120 Å². The Kier molecular flexibility index (Phi) is 23.2. The second-order valence-electron chi connectivity index (χ2n) is 19.2. The normalized spacial score (nSPS) is 12.6. The summed E-state index contributed by atoms with van der Waals surface area (Å²) in [5, 5.41) is 11.8. The summed E-state index contributed by atoms with van der Waals surface area (Å²) < 4.78 is 103. The van der Waals surface area contributed by atoms with E-state index in [1.807, 2.05) is 41.5 Å². The third kappa shape index (κ3) is 23.8. The number of nitrogens with one attached hydrogen (secondary N) is 8. The van der Waals surface area contributed by atoms with Crippen LogP contribution in [0.5, 0.6) is 0 Å². The smallest absolute Gasteiger partial charge is 0.255 e. The minimum Gasteiger partial charge on any atom is -0.325 e. The van der Waals surface area contributed by atoms with Gasteiger partial charge in [0.15, 0.2) is 0 Å². The largest absolute Gasteiger partial charge is 0.325 e. The second-order valence-corrected chi connectivity index (χ2v) is 28.7.